The summed E-state index contributed by atoms with van der Waals surface area (Å²) in [5.74, 6) is -0.771. The molecule has 0 aliphatic rings. The molecule has 0 aromatic heterocycles. The van der Waals surface area contributed by atoms with Crippen LogP contribution in [-0.4, -0.2) is 39.1 Å². The molecular weight excluding hydrogens is 292 g/mol. The molecular formula is C14H20N2O4S. The van der Waals surface area contributed by atoms with E-state index in [4.69, 9.17) is 0 Å². The molecule has 2 N–H and O–H groups in total. The molecule has 116 valence electrons. The van der Waals surface area contributed by atoms with E-state index >= 15 is 0 Å². The predicted molar refractivity (Wildman–Crippen MR) is 79.9 cm³/mol. The maximum absolute atomic E-state index is 12.0. The first-order chi connectivity index (χ1) is 9.61. The summed E-state index contributed by atoms with van der Waals surface area (Å²) in [6, 6.07) is 4.33. The van der Waals surface area contributed by atoms with Crippen LogP contribution in [0.3, 0.4) is 0 Å². The van der Waals surface area contributed by atoms with E-state index in [0.717, 1.165) is 6.26 Å². The Balaban J connectivity index is 2.85. The highest BCUT2D eigenvalue weighted by atomic mass is 32.2. The fourth-order valence-electron chi connectivity index (χ4n) is 1.71. The molecule has 0 saturated carbocycles. The number of hydrogen-bond donors (Lipinski definition) is 2. The Kier molecular flexibility index (Phi) is 5.48. The van der Waals surface area contributed by atoms with Crippen LogP contribution in [0.15, 0.2) is 23.1 Å². The Morgan fingerprint density at radius 2 is 1.86 bits per heavy atom. The highest BCUT2D eigenvalue weighted by Gasteiger charge is 2.15. The lowest BCUT2D eigenvalue weighted by molar-refractivity contribution is -0.120. The van der Waals surface area contributed by atoms with Crippen molar-refractivity contribution in [1.82, 2.24) is 10.6 Å². The molecule has 0 radical (unpaired) electrons. The van der Waals surface area contributed by atoms with Gasteiger partial charge in [-0.15, -0.1) is 0 Å². The first-order valence-corrected chi connectivity index (χ1v) is 8.38. The summed E-state index contributed by atoms with van der Waals surface area (Å²) in [4.78, 5) is 23.6. The molecule has 1 aromatic rings. The number of carbonyl (C=O) groups excluding carboxylic acids is 2. The largest absolute Gasteiger partial charge is 0.352 e. The van der Waals surface area contributed by atoms with E-state index in [1.54, 1.807) is 13.0 Å². The lowest BCUT2D eigenvalue weighted by Crippen LogP contribution is -2.40. The minimum Gasteiger partial charge on any atom is -0.352 e. The van der Waals surface area contributed by atoms with E-state index < -0.39 is 15.7 Å². The summed E-state index contributed by atoms with van der Waals surface area (Å²) >= 11 is 0. The van der Waals surface area contributed by atoms with Crippen LogP contribution >= 0.6 is 0 Å². The van der Waals surface area contributed by atoms with Gasteiger partial charge in [-0.25, -0.2) is 8.42 Å². The zero-order valence-electron chi connectivity index (χ0n) is 12.6. The topological polar surface area (TPSA) is 92.3 Å². The molecule has 21 heavy (non-hydrogen) atoms. The van der Waals surface area contributed by atoms with Crippen LogP contribution in [0.4, 0.5) is 0 Å². The lowest BCUT2D eigenvalue weighted by Gasteiger charge is -2.11. The second-order valence-corrected chi connectivity index (χ2v) is 7.17. The van der Waals surface area contributed by atoms with Crippen LogP contribution < -0.4 is 10.6 Å². The van der Waals surface area contributed by atoms with Gasteiger partial charge in [0.05, 0.1) is 11.4 Å². The van der Waals surface area contributed by atoms with E-state index in [0.29, 0.717) is 5.56 Å². The van der Waals surface area contributed by atoms with Crippen molar-refractivity contribution in [2.45, 2.75) is 31.7 Å². The number of sulfone groups is 1. The van der Waals surface area contributed by atoms with E-state index in [1.807, 2.05) is 13.8 Å². The zero-order valence-corrected chi connectivity index (χ0v) is 13.4. The molecule has 1 rings (SSSR count). The van der Waals surface area contributed by atoms with Gasteiger partial charge in [0.2, 0.25) is 5.91 Å². The van der Waals surface area contributed by atoms with Crippen LogP contribution in [0.25, 0.3) is 0 Å². The number of benzene rings is 1. The second-order valence-electron chi connectivity index (χ2n) is 5.15. The highest BCUT2D eigenvalue weighted by Crippen LogP contribution is 2.15. The minimum absolute atomic E-state index is 0.00954. The first-order valence-electron chi connectivity index (χ1n) is 6.49. The lowest BCUT2D eigenvalue weighted by atomic mass is 10.1. The Bertz CT molecular complexity index is 651. The van der Waals surface area contributed by atoms with Gasteiger partial charge in [0.1, 0.15) is 0 Å². The van der Waals surface area contributed by atoms with E-state index in [2.05, 4.69) is 10.6 Å². The van der Waals surface area contributed by atoms with Crippen LogP contribution in [-0.2, 0) is 14.6 Å². The Labute approximate surface area is 124 Å². The maximum Gasteiger partial charge on any atom is 0.252 e. The zero-order chi connectivity index (χ0) is 16.2. The van der Waals surface area contributed by atoms with E-state index in [-0.39, 0.29) is 29.0 Å². The van der Waals surface area contributed by atoms with Gasteiger partial charge in [0.25, 0.3) is 5.91 Å². The van der Waals surface area contributed by atoms with Crippen molar-refractivity contribution in [1.29, 1.82) is 0 Å². The van der Waals surface area contributed by atoms with Crippen LogP contribution in [0.5, 0.6) is 0 Å². The third kappa shape index (κ3) is 5.18. The summed E-state index contributed by atoms with van der Waals surface area (Å²) in [5.41, 5.74) is 0.888. The van der Waals surface area contributed by atoms with Crippen molar-refractivity contribution in [3.63, 3.8) is 0 Å². The number of amides is 2. The maximum atomic E-state index is 12.0. The minimum atomic E-state index is -3.38. The van der Waals surface area contributed by atoms with Crippen molar-refractivity contribution >= 4 is 21.7 Å². The number of carbonyl (C=O) groups is 2. The molecule has 0 saturated heterocycles. The Hall–Kier alpha value is -1.89. The van der Waals surface area contributed by atoms with Crippen molar-refractivity contribution in [2.75, 3.05) is 12.8 Å². The van der Waals surface area contributed by atoms with Gasteiger partial charge in [-0.05, 0) is 38.5 Å². The fraction of sp³-hybridized carbons (Fsp3) is 0.429. The molecule has 0 atom stereocenters. The van der Waals surface area contributed by atoms with Crippen molar-refractivity contribution < 1.29 is 18.0 Å². The monoisotopic (exact) mass is 312 g/mol. The van der Waals surface area contributed by atoms with Gasteiger partial charge >= 0.3 is 0 Å². The fourth-order valence-corrected chi connectivity index (χ4v) is 2.35. The molecule has 0 bridgehead atoms. The molecule has 7 heteroatoms. The standard InChI is InChI=1S/C14H20N2O4S/c1-9(2)16-13(17)8-15-14(18)12-7-11(21(4,19)20)6-5-10(12)3/h5-7,9H,8H2,1-4H3,(H,15,18)(H,16,17). The summed E-state index contributed by atoms with van der Waals surface area (Å²) in [7, 11) is -3.38. The molecule has 0 fully saturated rings. The smallest absolute Gasteiger partial charge is 0.252 e. The summed E-state index contributed by atoms with van der Waals surface area (Å²) < 4.78 is 23.0. The van der Waals surface area contributed by atoms with Crippen LogP contribution in [0, 0.1) is 6.92 Å². The third-order valence-electron chi connectivity index (χ3n) is 2.74. The quantitative estimate of drug-likeness (QED) is 0.835. The number of nitrogens with one attached hydrogen (secondary N) is 2. The molecule has 0 heterocycles. The molecule has 0 unspecified atom stereocenters. The van der Waals surface area contributed by atoms with Gasteiger partial charge in [-0.3, -0.25) is 9.59 Å². The van der Waals surface area contributed by atoms with Crippen molar-refractivity contribution in [3.05, 3.63) is 29.3 Å². The summed E-state index contributed by atoms with van der Waals surface area (Å²) in [6.45, 7) is 5.19. The molecule has 1 aromatic carbocycles. The van der Waals surface area contributed by atoms with Gasteiger partial charge in [0.15, 0.2) is 9.84 Å². The van der Waals surface area contributed by atoms with Crippen molar-refractivity contribution in [3.8, 4) is 0 Å². The van der Waals surface area contributed by atoms with Crippen LogP contribution in [0.2, 0.25) is 0 Å². The van der Waals surface area contributed by atoms with E-state index in [1.165, 1.54) is 12.1 Å². The van der Waals surface area contributed by atoms with Gasteiger partial charge in [-0.2, -0.15) is 0 Å². The first kappa shape index (κ1) is 17.2. The average molecular weight is 312 g/mol. The van der Waals surface area contributed by atoms with Crippen molar-refractivity contribution in [2.24, 2.45) is 0 Å². The summed E-state index contributed by atoms with van der Waals surface area (Å²) in [5, 5.41) is 5.13. The molecule has 0 aliphatic carbocycles. The number of rotatable bonds is 5. The number of hydrogen-bond acceptors (Lipinski definition) is 4. The van der Waals surface area contributed by atoms with Gasteiger partial charge in [0, 0.05) is 17.9 Å². The Morgan fingerprint density at radius 3 is 2.38 bits per heavy atom. The normalized spacial score (nSPS) is 11.3. The Morgan fingerprint density at radius 1 is 1.24 bits per heavy atom. The molecule has 0 aliphatic heterocycles. The highest BCUT2D eigenvalue weighted by molar-refractivity contribution is 7.90. The summed E-state index contributed by atoms with van der Waals surface area (Å²) in [6.07, 6.45) is 1.08. The molecule has 0 spiro atoms. The third-order valence-corrected chi connectivity index (χ3v) is 3.85. The van der Waals surface area contributed by atoms with E-state index in [9.17, 15) is 18.0 Å². The second kappa shape index (κ2) is 6.71. The van der Waals surface area contributed by atoms with Gasteiger partial charge in [-0.1, -0.05) is 6.07 Å². The van der Waals surface area contributed by atoms with Gasteiger partial charge < -0.3 is 10.6 Å². The molecule has 2 amide bonds. The SMILES string of the molecule is Cc1ccc(S(C)(=O)=O)cc1C(=O)NCC(=O)NC(C)C. The van der Waals surface area contributed by atoms with Crippen LogP contribution in [0.1, 0.15) is 29.8 Å². The predicted octanol–water partition coefficient (Wildman–Crippen LogP) is 0.653. The number of aryl methyl sites for hydroxylation is 1. The molecule has 6 nitrogen and oxygen atoms in total. The average Bonchev–Trinajstić information content (AvgIpc) is 2.34.